The summed E-state index contributed by atoms with van der Waals surface area (Å²) < 4.78 is 11.2. The minimum absolute atomic E-state index is 0.499. The van der Waals surface area contributed by atoms with Crippen molar-refractivity contribution in [1.82, 2.24) is 9.88 Å². The average molecular weight is 375 g/mol. The lowest BCUT2D eigenvalue weighted by Crippen LogP contribution is -2.36. The number of nitrogens with zero attached hydrogens (tertiary/aromatic N) is 3. The number of nitrogens with two attached hydrogens (primary N) is 1. The number of hydrogen-bond donors (Lipinski definition) is 2. The first-order valence-corrected chi connectivity index (χ1v) is 9.70. The van der Waals surface area contributed by atoms with Crippen molar-refractivity contribution in [2.24, 2.45) is 5.10 Å². The molecule has 3 N–H and O–H groups in total. The highest BCUT2D eigenvalue weighted by Gasteiger charge is 2.09. The van der Waals surface area contributed by atoms with E-state index in [-0.39, 0.29) is 0 Å². The summed E-state index contributed by atoms with van der Waals surface area (Å²) in [6.45, 7) is 5.69. The van der Waals surface area contributed by atoms with Crippen LogP contribution in [-0.4, -0.2) is 55.6 Å². The molecule has 0 radical (unpaired) electrons. The number of unbranched alkanes of at least 4 members (excludes halogenated alkanes) is 1. The van der Waals surface area contributed by atoms with E-state index in [0.717, 1.165) is 63.6 Å². The third kappa shape index (κ3) is 6.29. The topological polar surface area (TPSA) is 85.0 Å². The van der Waals surface area contributed by atoms with E-state index in [1.165, 1.54) is 11.3 Å². The quantitative estimate of drug-likeness (QED) is 0.398. The van der Waals surface area contributed by atoms with Gasteiger partial charge in [0.1, 0.15) is 11.6 Å². The largest absolute Gasteiger partial charge is 0.494 e. The third-order valence-corrected chi connectivity index (χ3v) is 4.78. The van der Waals surface area contributed by atoms with E-state index in [2.05, 4.69) is 20.4 Å². The van der Waals surface area contributed by atoms with Gasteiger partial charge in [-0.1, -0.05) is 0 Å². The number of hydrogen-bond acceptors (Lipinski definition) is 8. The van der Waals surface area contributed by atoms with Gasteiger partial charge in [0.15, 0.2) is 0 Å². The van der Waals surface area contributed by atoms with E-state index in [1.807, 2.05) is 24.3 Å². The van der Waals surface area contributed by atoms with E-state index in [4.69, 9.17) is 15.2 Å². The Morgan fingerprint density at radius 3 is 2.81 bits per heavy atom. The fraction of sp³-hybridized carbons (Fsp3) is 0.444. The summed E-state index contributed by atoms with van der Waals surface area (Å²) in [5.74, 6) is 1.38. The van der Waals surface area contributed by atoms with E-state index in [0.29, 0.717) is 10.9 Å². The molecule has 0 spiro atoms. The summed E-state index contributed by atoms with van der Waals surface area (Å²) >= 11 is 1.42. The fourth-order valence-electron chi connectivity index (χ4n) is 2.60. The molecule has 7 nitrogen and oxygen atoms in total. The highest BCUT2D eigenvalue weighted by molar-refractivity contribution is 7.14. The lowest BCUT2D eigenvalue weighted by molar-refractivity contribution is 0.0368. The highest BCUT2D eigenvalue weighted by Crippen LogP contribution is 2.16. The first-order chi connectivity index (χ1) is 12.8. The van der Waals surface area contributed by atoms with E-state index in [1.54, 1.807) is 11.6 Å². The second-order valence-electron chi connectivity index (χ2n) is 6.03. The van der Waals surface area contributed by atoms with Crippen molar-refractivity contribution in [2.45, 2.75) is 12.8 Å². The minimum atomic E-state index is 0.499. The lowest BCUT2D eigenvalue weighted by Gasteiger charge is -2.26. The number of nitrogen functional groups attached to an aromatic ring is 1. The fourth-order valence-corrected chi connectivity index (χ4v) is 3.15. The molecule has 1 fully saturated rings. The summed E-state index contributed by atoms with van der Waals surface area (Å²) in [6, 6.07) is 7.88. The van der Waals surface area contributed by atoms with Gasteiger partial charge in [-0.15, -0.1) is 11.3 Å². The predicted molar refractivity (Wildman–Crippen MR) is 106 cm³/mol. The van der Waals surface area contributed by atoms with Crippen molar-refractivity contribution in [1.29, 1.82) is 0 Å². The Labute approximate surface area is 157 Å². The number of nitrogens with one attached hydrogen (secondary N) is 1. The number of aromatic nitrogens is 1. The molecule has 1 saturated heterocycles. The van der Waals surface area contributed by atoms with Crippen molar-refractivity contribution >= 4 is 28.5 Å². The van der Waals surface area contributed by atoms with Gasteiger partial charge in [-0.25, -0.2) is 4.98 Å². The van der Waals surface area contributed by atoms with Crippen molar-refractivity contribution in [2.75, 3.05) is 50.6 Å². The summed E-state index contributed by atoms with van der Waals surface area (Å²) in [5, 5.41) is 6.59. The lowest BCUT2D eigenvalue weighted by atomic mass is 10.2. The third-order valence-electron chi connectivity index (χ3n) is 4.02. The molecule has 0 atom stereocenters. The monoisotopic (exact) mass is 375 g/mol. The standard InChI is InChI=1S/C18H25N5O2S/c19-17-14-26-18(21-17)22-20-13-15-3-5-16(6-4-15)25-10-2-1-7-23-8-11-24-12-9-23/h3-6,13-14H,1-2,7-12,19H2,(H,21,22). The van der Waals surface area contributed by atoms with Crippen molar-refractivity contribution in [3.8, 4) is 5.75 Å². The van der Waals surface area contributed by atoms with Crippen LogP contribution < -0.4 is 15.9 Å². The smallest absolute Gasteiger partial charge is 0.205 e. The number of anilines is 2. The first-order valence-electron chi connectivity index (χ1n) is 8.83. The molecule has 26 heavy (non-hydrogen) atoms. The zero-order valence-electron chi connectivity index (χ0n) is 14.8. The molecule has 3 rings (SSSR count). The molecule has 0 unspecified atom stereocenters. The molecule has 2 heterocycles. The molecule has 0 bridgehead atoms. The zero-order chi connectivity index (χ0) is 18.0. The maximum absolute atomic E-state index is 5.80. The second-order valence-corrected chi connectivity index (χ2v) is 6.88. The van der Waals surface area contributed by atoms with Crippen LogP contribution in [0, 0.1) is 0 Å². The van der Waals surface area contributed by atoms with Crippen LogP contribution in [0.5, 0.6) is 5.75 Å². The van der Waals surface area contributed by atoms with Crippen LogP contribution in [0.1, 0.15) is 18.4 Å². The van der Waals surface area contributed by atoms with Crippen LogP contribution in [0.3, 0.4) is 0 Å². The zero-order valence-corrected chi connectivity index (χ0v) is 15.6. The van der Waals surface area contributed by atoms with Crippen molar-refractivity contribution in [3.05, 3.63) is 35.2 Å². The Kier molecular flexibility index (Phi) is 7.24. The molecule has 2 aromatic rings. The molecule has 1 aliphatic heterocycles. The average Bonchev–Trinajstić information content (AvgIpc) is 3.09. The van der Waals surface area contributed by atoms with Crippen LogP contribution in [0.25, 0.3) is 0 Å². The molecule has 1 aromatic carbocycles. The summed E-state index contributed by atoms with van der Waals surface area (Å²) in [4.78, 5) is 6.53. The van der Waals surface area contributed by atoms with Crippen LogP contribution in [-0.2, 0) is 4.74 Å². The normalized spacial score (nSPS) is 15.4. The molecular weight excluding hydrogens is 350 g/mol. The SMILES string of the molecule is Nc1csc(NN=Cc2ccc(OCCCCN3CCOCC3)cc2)n1. The van der Waals surface area contributed by atoms with Gasteiger partial charge in [-0.2, -0.15) is 5.10 Å². The molecule has 1 aromatic heterocycles. The molecular formula is C18H25N5O2S. The molecule has 0 aliphatic carbocycles. The van der Waals surface area contributed by atoms with E-state index < -0.39 is 0 Å². The second kappa shape index (κ2) is 10.1. The van der Waals surface area contributed by atoms with Gasteiger partial charge in [-0.3, -0.25) is 10.3 Å². The number of ether oxygens (including phenoxy) is 2. The molecule has 1 aliphatic rings. The van der Waals surface area contributed by atoms with Crippen LogP contribution in [0.15, 0.2) is 34.7 Å². The van der Waals surface area contributed by atoms with Crippen LogP contribution >= 0.6 is 11.3 Å². The Bertz CT molecular complexity index is 683. The summed E-state index contributed by atoms with van der Waals surface area (Å²) in [7, 11) is 0. The molecule has 0 amide bonds. The predicted octanol–water partition coefficient (Wildman–Crippen LogP) is 2.66. The van der Waals surface area contributed by atoms with E-state index >= 15 is 0 Å². The number of rotatable bonds is 9. The van der Waals surface area contributed by atoms with Crippen molar-refractivity contribution < 1.29 is 9.47 Å². The van der Waals surface area contributed by atoms with Crippen molar-refractivity contribution in [3.63, 3.8) is 0 Å². The number of benzene rings is 1. The van der Waals surface area contributed by atoms with Gasteiger partial charge in [0.05, 0.1) is 26.0 Å². The minimum Gasteiger partial charge on any atom is -0.494 e. The molecule has 140 valence electrons. The molecule has 8 heteroatoms. The van der Waals surface area contributed by atoms with Gasteiger partial charge in [-0.05, 0) is 49.2 Å². The summed E-state index contributed by atoms with van der Waals surface area (Å²) in [6.07, 6.45) is 3.95. The Balaban J connectivity index is 1.32. The van der Waals surface area contributed by atoms with Gasteiger partial charge in [0.25, 0.3) is 0 Å². The number of morpholine rings is 1. The number of thiazole rings is 1. The van der Waals surface area contributed by atoms with Gasteiger partial charge in [0, 0.05) is 18.5 Å². The Morgan fingerprint density at radius 1 is 1.27 bits per heavy atom. The van der Waals surface area contributed by atoms with Gasteiger partial charge in [0.2, 0.25) is 5.13 Å². The maximum atomic E-state index is 5.80. The van der Waals surface area contributed by atoms with Crippen LogP contribution in [0.4, 0.5) is 10.9 Å². The van der Waals surface area contributed by atoms with Crippen LogP contribution in [0.2, 0.25) is 0 Å². The first kappa shape index (κ1) is 18.6. The Hall–Kier alpha value is -2.16. The number of hydrazone groups is 1. The molecule has 0 saturated carbocycles. The highest BCUT2D eigenvalue weighted by atomic mass is 32.1. The van der Waals surface area contributed by atoms with Gasteiger partial charge >= 0.3 is 0 Å². The maximum Gasteiger partial charge on any atom is 0.205 e. The van der Waals surface area contributed by atoms with E-state index in [9.17, 15) is 0 Å². The van der Waals surface area contributed by atoms with Gasteiger partial charge < -0.3 is 15.2 Å². The Morgan fingerprint density at radius 2 is 2.08 bits per heavy atom. The summed E-state index contributed by atoms with van der Waals surface area (Å²) in [5.41, 5.74) is 9.41.